The number of hydrogen-bond donors (Lipinski definition) is 1. The van der Waals surface area contributed by atoms with E-state index in [0.717, 1.165) is 19.4 Å². The fourth-order valence-corrected chi connectivity index (χ4v) is 1.92. The molecule has 0 aliphatic heterocycles. The van der Waals surface area contributed by atoms with Gasteiger partial charge >= 0.3 is 0 Å². The van der Waals surface area contributed by atoms with E-state index in [1.165, 1.54) is 5.56 Å². The van der Waals surface area contributed by atoms with E-state index < -0.39 is 0 Å². The molecule has 0 saturated heterocycles. The normalized spacial score (nSPS) is 14.7. The van der Waals surface area contributed by atoms with E-state index in [9.17, 15) is 0 Å². The van der Waals surface area contributed by atoms with Crippen molar-refractivity contribution in [1.29, 1.82) is 0 Å². The number of benzene rings is 1. The minimum atomic E-state index is 0.313. The fourth-order valence-electron chi connectivity index (χ4n) is 1.92. The van der Waals surface area contributed by atoms with Gasteiger partial charge in [0, 0.05) is 13.2 Å². The summed E-state index contributed by atoms with van der Waals surface area (Å²) in [5, 5.41) is 3.52. The van der Waals surface area contributed by atoms with Gasteiger partial charge in [-0.05, 0) is 31.9 Å². The first-order valence-corrected chi connectivity index (χ1v) is 6.06. The molecule has 2 heteroatoms. The average molecular weight is 221 g/mol. The number of likely N-dealkylation sites (N-methyl/N-ethyl adjacent to an activating group) is 1. The molecule has 0 fully saturated rings. The number of nitrogens with one attached hydrogen (secondary N) is 1. The highest BCUT2D eigenvalue weighted by Crippen LogP contribution is 2.09. The second-order valence-electron chi connectivity index (χ2n) is 4.23. The van der Waals surface area contributed by atoms with E-state index >= 15 is 0 Å². The summed E-state index contributed by atoms with van der Waals surface area (Å²) in [6, 6.07) is 11.1. The average Bonchev–Trinajstić information content (AvgIpc) is 2.30. The molecule has 2 atom stereocenters. The van der Waals surface area contributed by atoms with Gasteiger partial charge < -0.3 is 10.1 Å². The zero-order chi connectivity index (χ0) is 11.8. The standard InChI is InChI=1S/C14H23NO/c1-4-15-14(10-12(2)16-3)11-13-8-6-5-7-9-13/h5-9,12,14-15H,4,10-11H2,1-3H3. The Morgan fingerprint density at radius 3 is 2.50 bits per heavy atom. The maximum absolute atomic E-state index is 5.32. The van der Waals surface area contributed by atoms with Crippen molar-refractivity contribution >= 4 is 0 Å². The van der Waals surface area contributed by atoms with Gasteiger partial charge in [0.1, 0.15) is 0 Å². The summed E-state index contributed by atoms with van der Waals surface area (Å²) < 4.78 is 5.32. The minimum Gasteiger partial charge on any atom is -0.382 e. The van der Waals surface area contributed by atoms with Gasteiger partial charge in [0.05, 0.1) is 6.10 Å². The topological polar surface area (TPSA) is 21.3 Å². The molecule has 0 spiro atoms. The van der Waals surface area contributed by atoms with Gasteiger partial charge in [-0.1, -0.05) is 37.3 Å². The van der Waals surface area contributed by atoms with Gasteiger partial charge in [-0.3, -0.25) is 0 Å². The van der Waals surface area contributed by atoms with Gasteiger partial charge in [0.2, 0.25) is 0 Å². The lowest BCUT2D eigenvalue weighted by Crippen LogP contribution is -2.34. The van der Waals surface area contributed by atoms with E-state index in [4.69, 9.17) is 4.74 Å². The summed E-state index contributed by atoms with van der Waals surface area (Å²) in [6.45, 7) is 5.28. The highest BCUT2D eigenvalue weighted by molar-refractivity contribution is 5.15. The molecule has 0 amide bonds. The Bertz CT molecular complexity index is 273. The van der Waals surface area contributed by atoms with Crippen molar-refractivity contribution < 1.29 is 4.74 Å². The molecule has 0 aromatic heterocycles. The molecule has 0 aliphatic carbocycles. The van der Waals surface area contributed by atoms with Crippen molar-refractivity contribution in [2.24, 2.45) is 0 Å². The molecule has 0 saturated carbocycles. The molecule has 2 unspecified atom stereocenters. The lowest BCUT2D eigenvalue weighted by atomic mass is 10.0. The molecule has 1 N–H and O–H groups in total. The number of hydrogen-bond acceptors (Lipinski definition) is 2. The quantitative estimate of drug-likeness (QED) is 0.764. The molecule has 90 valence electrons. The third kappa shape index (κ3) is 4.77. The van der Waals surface area contributed by atoms with E-state index in [-0.39, 0.29) is 0 Å². The maximum atomic E-state index is 5.32. The van der Waals surface area contributed by atoms with Crippen molar-refractivity contribution in [3.05, 3.63) is 35.9 Å². The number of methoxy groups -OCH3 is 1. The Morgan fingerprint density at radius 1 is 1.25 bits per heavy atom. The Morgan fingerprint density at radius 2 is 1.94 bits per heavy atom. The molecule has 0 bridgehead atoms. The van der Waals surface area contributed by atoms with Crippen LogP contribution in [-0.4, -0.2) is 25.8 Å². The van der Waals surface area contributed by atoms with E-state index in [1.807, 2.05) is 0 Å². The predicted molar refractivity (Wildman–Crippen MR) is 68.7 cm³/mol. The molecule has 0 radical (unpaired) electrons. The first-order valence-electron chi connectivity index (χ1n) is 6.06. The van der Waals surface area contributed by atoms with Crippen molar-refractivity contribution in [1.82, 2.24) is 5.32 Å². The smallest absolute Gasteiger partial charge is 0.0558 e. The van der Waals surface area contributed by atoms with Gasteiger partial charge in [-0.2, -0.15) is 0 Å². The van der Waals surface area contributed by atoms with Crippen LogP contribution in [0.3, 0.4) is 0 Å². The molecular weight excluding hydrogens is 198 g/mol. The molecule has 1 aromatic carbocycles. The summed E-state index contributed by atoms with van der Waals surface area (Å²) in [5.74, 6) is 0. The lowest BCUT2D eigenvalue weighted by molar-refractivity contribution is 0.101. The summed E-state index contributed by atoms with van der Waals surface area (Å²) in [5.41, 5.74) is 1.39. The summed E-state index contributed by atoms with van der Waals surface area (Å²) in [4.78, 5) is 0. The molecule has 2 nitrogen and oxygen atoms in total. The van der Waals surface area contributed by atoms with Crippen LogP contribution in [0.1, 0.15) is 25.8 Å². The van der Waals surface area contributed by atoms with Crippen molar-refractivity contribution in [3.8, 4) is 0 Å². The van der Waals surface area contributed by atoms with Gasteiger partial charge in [-0.25, -0.2) is 0 Å². The highest BCUT2D eigenvalue weighted by atomic mass is 16.5. The van der Waals surface area contributed by atoms with Crippen molar-refractivity contribution in [2.75, 3.05) is 13.7 Å². The van der Waals surface area contributed by atoms with Crippen LogP contribution in [0.4, 0.5) is 0 Å². The lowest BCUT2D eigenvalue weighted by Gasteiger charge is -2.21. The highest BCUT2D eigenvalue weighted by Gasteiger charge is 2.12. The first kappa shape index (κ1) is 13.2. The third-order valence-corrected chi connectivity index (χ3v) is 2.84. The van der Waals surface area contributed by atoms with E-state index in [1.54, 1.807) is 7.11 Å². The van der Waals surface area contributed by atoms with Gasteiger partial charge in [0.25, 0.3) is 0 Å². The molecule has 16 heavy (non-hydrogen) atoms. The van der Waals surface area contributed by atoms with Crippen LogP contribution in [-0.2, 0) is 11.2 Å². The zero-order valence-corrected chi connectivity index (χ0v) is 10.6. The molecule has 1 rings (SSSR count). The zero-order valence-electron chi connectivity index (χ0n) is 10.6. The monoisotopic (exact) mass is 221 g/mol. The van der Waals surface area contributed by atoms with Crippen LogP contribution in [0.15, 0.2) is 30.3 Å². The van der Waals surface area contributed by atoms with Crippen LogP contribution in [0.2, 0.25) is 0 Å². The summed E-state index contributed by atoms with van der Waals surface area (Å²) in [6.07, 6.45) is 2.44. The van der Waals surface area contributed by atoms with Crippen LogP contribution in [0.25, 0.3) is 0 Å². The van der Waals surface area contributed by atoms with Crippen LogP contribution < -0.4 is 5.32 Å². The number of rotatable bonds is 7. The maximum Gasteiger partial charge on any atom is 0.0558 e. The van der Waals surface area contributed by atoms with Crippen LogP contribution in [0, 0.1) is 0 Å². The predicted octanol–water partition coefficient (Wildman–Crippen LogP) is 2.63. The summed E-state index contributed by atoms with van der Waals surface area (Å²) in [7, 11) is 1.77. The Hall–Kier alpha value is -0.860. The van der Waals surface area contributed by atoms with E-state index in [0.29, 0.717) is 12.1 Å². The van der Waals surface area contributed by atoms with Crippen molar-refractivity contribution in [3.63, 3.8) is 0 Å². The third-order valence-electron chi connectivity index (χ3n) is 2.84. The molecule has 1 aromatic rings. The Balaban J connectivity index is 2.50. The molecule has 0 aliphatic rings. The van der Waals surface area contributed by atoms with Crippen LogP contribution >= 0.6 is 0 Å². The van der Waals surface area contributed by atoms with Gasteiger partial charge in [0.15, 0.2) is 0 Å². The first-order chi connectivity index (χ1) is 7.76. The second-order valence-corrected chi connectivity index (χ2v) is 4.23. The second kappa shape index (κ2) is 7.42. The minimum absolute atomic E-state index is 0.313. The SMILES string of the molecule is CCNC(Cc1ccccc1)CC(C)OC. The molecular formula is C14H23NO. The Kier molecular flexibility index (Phi) is 6.12. The largest absolute Gasteiger partial charge is 0.382 e. The van der Waals surface area contributed by atoms with Gasteiger partial charge in [-0.15, -0.1) is 0 Å². The van der Waals surface area contributed by atoms with Crippen molar-refractivity contribution in [2.45, 2.75) is 38.8 Å². The van der Waals surface area contributed by atoms with E-state index in [2.05, 4.69) is 49.5 Å². The summed E-state index contributed by atoms with van der Waals surface area (Å²) >= 11 is 0. The van der Waals surface area contributed by atoms with Crippen LogP contribution in [0.5, 0.6) is 0 Å². The fraction of sp³-hybridized carbons (Fsp3) is 0.571. The molecule has 0 heterocycles. The Labute approximate surface area is 99.0 Å². The number of ether oxygens (including phenoxy) is 1.